The summed E-state index contributed by atoms with van der Waals surface area (Å²) in [5.41, 5.74) is 4.03. The van der Waals surface area contributed by atoms with Crippen molar-refractivity contribution in [2.24, 2.45) is 0 Å². The van der Waals surface area contributed by atoms with Crippen molar-refractivity contribution in [3.05, 3.63) is 65.9 Å². The average Bonchev–Trinajstić information content (AvgIpc) is 2.78. The van der Waals surface area contributed by atoms with Crippen LogP contribution in [0.25, 0.3) is 23.1 Å². The normalized spacial score (nSPS) is 11.1. The fraction of sp³-hybridized carbons (Fsp3) is 0.308. The molecule has 5 heteroatoms. The molecule has 5 nitrogen and oxygen atoms in total. The van der Waals surface area contributed by atoms with E-state index in [2.05, 4.69) is 54.4 Å². The number of amides is 1. The van der Waals surface area contributed by atoms with Gasteiger partial charge in [-0.15, -0.1) is 0 Å². The number of ether oxygens (including phenoxy) is 1. The van der Waals surface area contributed by atoms with Crippen LogP contribution in [0.3, 0.4) is 0 Å². The molecule has 0 spiro atoms. The highest BCUT2D eigenvalue weighted by atomic mass is 16.5. The van der Waals surface area contributed by atoms with Crippen LogP contribution in [0, 0.1) is 0 Å². The number of anilines is 1. The van der Waals surface area contributed by atoms with E-state index in [0.29, 0.717) is 13.2 Å². The highest BCUT2D eigenvalue weighted by Crippen LogP contribution is 2.28. The Morgan fingerprint density at radius 2 is 1.87 bits per heavy atom. The number of nitrogens with one attached hydrogen (secondary N) is 1. The van der Waals surface area contributed by atoms with Crippen LogP contribution in [0.5, 0.6) is 5.75 Å². The predicted octanol–water partition coefficient (Wildman–Crippen LogP) is 5.16. The highest BCUT2D eigenvalue weighted by Gasteiger charge is 2.08. The lowest BCUT2D eigenvalue weighted by Crippen LogP contribution is -2.22. The van der Waals surface area contributed by atoms with Crippen LogP contribution in [0.1, 0.15) is 38.4 Å². The minimum atomic E-state index is -0.0185. The second-order valence-electron chi connectivity index (χ2n) is 7.34. The van der Waals surface area contributed by atoms with E-state index in [4.69, 9.17) is 9.72 Å². The standard InChI is InChI=1S/C26H31N3O2/c1-4-29(5-2)24-16-13-22(26(19-24)31-18-8-17-27-20(3)30)12-15-23-14-11-21-9-6-7-10-25(21)28-23/h6-7,9-16,19H,4-5,8,17-18H2,1-3H3,(H,27,30)/b15-12+. The first kappa shape index (κ1) is 22.3. The monoisotopic (exact) mass is 417 g/mol. The molecule has 1 aromatic heterocycles. The van der Waals surface area contributed by atoms with Gasteiger partial charge in [0.15, 0.2) is 0 Å². The summed E-state index contributed by atoms with van der Waals surface area (Å²) in [5.74, 6) is 0.819. The third kappa shape index (κ3) is 6.32. The molecule has 0 fully saturated rings. The van der Waals surface area contributed by atoms with Crippen molar-refractivity contribution < 1.29 is 9.53 Å². The van der Waals surface area contributed by atoms with Crippen molar-refractivity contribution in [2.45, 2.75) is 27.2 Å². The van der Waals surface area contributed by atoms with Crippen molar-refractivity contribution >= 4 is 34.6 Å². The van der Waals surface area contributed by atoms with Crippen LogP contribution in [-0.2, 0) is 4.79 Å². The lowest BCUT2D eigenvalue weighted by molar-refractivity contribution is -0.118. The molecule has 2 aromatic carbocycles. The van der Waals surface area contributed by atoms with E-state index in [1.54, 1.807) is 0 Å². The first-order valence-electron chi connectivity index (χ1n) is 10.9. The lowest BCUT2D eigenvalue weighted by atomic mass is 10.1. The Hall–Kier alpha value is -3.34. The average molecular weight is 418 g/mol. The number of pyridine rings is 1. The van der Waals surface area contributed by atoms with Gasteiger partial charge in [0, 0.05) is 49.3 Å². The molecule has 0 bridgehead atoms. The molecule has 31 heavy (non-hydrogen) atoms. The number of carbonyl (C=O) groups is 1. The summed E-state index contributed by atoms with van der Waals surface area (Å²) in [6.45, 7) is 8.85. The maximum absolute atomic E-state index is 11.0. The zero-order chi connectivity index (χ0) is 22.1. The number of hydrogen-bond donors (Lipinski definition) is 1. The Bertz CT molecular complexity index is 1040. The van der Waals surface area contributed by atoms with Crippen molar-refractivity contribution in [3.63, 3.8) is 0 Å². The Labute approximate surface area is 184 Å². The zero-order valence-electron chi connectivity index (χ0n) is 18.6. The summed E-state index contributed by atoms with van der Waals surface area (Å²) in [4.78, 5) is 18.1. The molecule has 1 amide bonds. The Kier molecular flexibility index (Phi) is 8.05. The first-order valence-corrected chi connectivity index (χ1v) is 10.9. The second kappa shape index (κ2) is 11.2. The van der Waals surface area contributed by atoms with Crippen molar-refractivity contribution in [2.75, 3.05) is 31.1 Å². The number of aromatic nitrogens is 1. The smallest absolute Gasteiger partial charge is 0.216 e. The quantitative estimate of drug-likeness (QED) is 0.463. The Balaban J connectivity index is 1.80. The summed E-state index contributed by atoms with van der Waals surface area (Å²) >= 11 is 0. The summed E-state index contributed by atoms with van der Waals surface area (Å²) in [6, 6.07) is 18.5. The van der Waals surface area contributed by atoms with E-state index in [9.17, 15) is 4.79 Å². The molecule has 162 valence electrons. The maximum atomic E-state index is 11.0. The minimum Gasteiger partial charge on any atom is -0.493 e. The molecule has 0 saturated heterocycles. The van der Waals surface area contributed by atoms with Gasteiger partial charge in [-0.25, -0.2) is 4.98 Å². The van der Waals surface area contributed by atoms with Crippen molar-refractivity contribution in [1.29, 1.82) is 0 Å². The van der Waals surface area contributed by atoms with Gasteiger partial charge < -0.3 is 15.0 Å². The third-order valence-corrected chi connectivity index (χ3v) is 5.13. The van der Waals surface area contributed by atoms with Gasteiger partial charge in [-0.3, -0.25) is 4.79 Å². The van der Waals surface area contributed by atoms with Crippen molar-refractivity contribution in [3.8, 4) is 5.75 Å². The lowest BCUT2D eigenvalue weighted by Gasteiger charge is -2.22. The fourth-order valence-corrected chi connectivity index (χ4v) is 3.44. The maximum Gasteiger partial charge on any atom is 0.216 e. The molecule has 0 atom stereocenters. The molecule has 0 aliphatic heterocycles. The number of benzene rings is 2. The molecular weight excluding hydrogens is 386 g/mol. The summed E-state index contributed by atoms with van der Waals surface area (Å²) < 4.78 is 6.11. The number of fused-ring (bicyclic) bond motifs is 1. The van der Waals surface area contributed by atoms with E-state index < -0.39 is 0 Å². The molecule has 0 unspecified atom stereocenters. The van der Waals surface area contributed by atoms with Gasteiger partial charge in [-0.1, -0.05) is 24.3 Å². The summed E-state index contributed by atoms with van der Waals surface area (Å²) in [6.07, 6.45) is 4.82. The SMILES string of the molecule is CCN(CC)c1ccc(/C=C/c2ccc3ccccc3n2)c(OCCCNC(C)=O)c1. The van der Waals surface area contributed by atoms with Crippen LogP contribution in [0.2, 0.25) is 0 Å². The number of carbonyl (C=O) groups excluding carboxylic acids is 1. The molecule has 0 radical (unpaired) electrons. The van der Waals surface area contributed by atoms with E-state index >= 15 is 0 Å². The molecule has 0 saturated carbocycles. The van der Waals surface area contributed by atoms with E-state index in [1.807, 2.05) is 36.4 Å². The van der Waals surface area contributed by atoms with E-state index in [1.165, 1.54) is 6.92 Å². The van der Waals surface area contributed by atoms with Gasteiger partial charge in [-0.2, -0.15) is 0 Å². The second-order valence-corrected chi connectivity index (χ2v) is 7.34. The number of nitrogens with zero attached hydrogens (tertiary/aromatic N) is 2. The van der Waals surface area contributed by atoms with Crippen LogP contribution in [-0.4, -0.2) is 37.1 Å². The molecular formula is C26H31N3O2. The predicted molar refractivity (Wildman–Crippen MR) is 129 cm³/mol. The topological polar surface area (TPSA) is 54.5 Å². The van der Waals surface area contributed by atoms with Gasteiger partial charge in [0.05, 0.1) is 17.8 Å². The number of rotatable bonds is 10. The van der Waals surface area contributed by atoms with Gasteiger partial charge in [0.1, 0.15) is 5.75 Å². The highest BCUT2D eigenvalue weighted by molar-refractivity contribution is 5.81. The number of hydrogen-bond acceptors (Lipinski definition) is 4. The van der Waals surface area contributed by atoms with Crippen molar-refractivity contribution in [1.82, 2.24) is 10.3 Å². The van der Waals surface area contributed by atoms with Crippen LogP contribution < -0.4 is 15.0 Å². The third-order valence-electron chi connectivity index (χ3n) is 5.13. The van der Waals surface area contributed by atoms with Crippen LogP contribution in [0.15, 0.2) is 54.6 Å². The minimum absolute atomic E-state index is 0.0185. The first-order chi connectivity index (χ1) is 15.1. The van der Waals surface area contributed by atoms with Gasteiger partial charge in [-0.05, 0) is 56.7 Å². The molecule has 3 rings (SSSR count). The summed E-state index contributed by atoms with van der Waals surface area (Å²) in [7, 11) is 0. The van der Waals surface area contributed by atoms with Crippen LogP contribution in [0.4, 0.5) is 5.69 Å². The van der Waals surface area contributed by atoms with Gasteiger partial charge in [0.25, 0.3) is 0 Å². The molecule has 1 heterocycles. The van der Waals surface area contributed by atoms with Gasteiger partial charge in [0.2, 0.25) is 5.91 Å². The zero-order valence-corrected chi connectivity index (χ0v) is 18.6. The Morgan fingerprint density at radius 3 is 2.65 bits per heavy atom. The molecule has 3 aromatic rings. The molecule has 0 aliphatic rings. The van der Waals surface area contributed by atoms with E-state index in [-0.39, 0.29) is 5.91 Å². The fourth-order valence-electron chi connectivity index (χ4n) is 3.44. The molecule has 0 aliphatic carbocycles. The van der Waals surface area contributed by atoms with Gasteiger partial charge >= 0.3 is 0 Å². The van der Waals surface area contributed by atoms with E-state index in [0.717, 1.165) is 53.1 Å². The summed E-state index contributed by atoms with van der Waals surface area (Å²) in [5, 5.41) is 3.94. The number of para-hydroxylation sites is 1. The molecule has 1 N–H and O–H groups in total. The Morgan fingerprint density at radius 1 is 1.06 bits per heavy atom. The van der Waals surface area contributed by atoms with Crippen LogP contribution >= 0.6 is 0 Å². The largest absolute Gasteiger partial charge is 0.493 e.